The first-order valence-corrected chi connectivity index (χ1v) is 20.1. The molecule has 0 spiro atoms. The van der Waals surface area contributed by atoms with E-state index in [9.17, 15) is 15.0 Å². The zero-order valence-electron chi connectivity index (χ0n) is 31.4. The van der Waals surface area contributed by atoms with Gasteiger partial charge in [0.1, 0.15) is 0 Å². The second kappa shape index (κ2) is 31.6. The third-order valence-electron chi connectivity index (χ3n) is 10.3. The molecule has 1 amide bonds. The highest BCUT2D eigenvalue weighted by atomic mass is 16.5. The zero-order valence-corrected chi connectivity index (χ0v) is 31.4. The number of aliphatic hydroxyl groups excluding tert-OH is 2. The Morgan fingerprint density at radius 3 is 1.41 bits per heavy atom. The normalized spacial score (nSPS) is 15.1. The third kappa shape index (κ3) is 20.6. The van der Waals surface area contributed by atoms with Crippen LogP contribution in [0.5, 0.6) is 0 Å². The summed E-state index contributed by atoms with van der Waals surface area (Å²) in [6.45, 7) is 7.40. The van der Waals surface area contributed by atoms with Gasteiger partial charge in [-0.15, -0.1) is 0 Å². The van der Waals surface area contributed by atoms with Crippen LogP contribution in [0.4, 0.5) is 0 Å². The number of carbonyl (C=O) groups is 1. The first kappa shape index (κ1) is 45.3. The van der Waals surface area contributed by atoms with Gasteiger partial charge in [-0.1, -0.05) is 168 Å². The summed E-state index contributed by atoms with van der Waals surface area (Å²) in [5, 5.41) is 20.6. The van der Waals surface area contributed by atoms with Crippen LogP contribution in [0.15, 0.2) is 0 Å². The van der Waals surface area contributed by atoms with Gasteiger partial charge in [0.15, 0.2) is 0 Å². The Hall–Kier alpha value is -0.690. The molecular weight excluding hydrogens is 574 g/mol. The molecular formula is C40H81NO5. The summed E-state index contributed by atoms with van der Waals surface area (Å²) >= 11 is 0. The van der Waals surface area contributed by atoms with E-state index in [-0.39, 0.29) is 6.42 Å². The summed E-state index contributed by atoms with van der Waals surface area (Å²) in [4.78, 5) is 13.5. The Bertz CT molecular complexity index is 662. The predicted octanol–water partition coefficient (Wildman–Crippen LogP) is 10.6. The van der Waals surface area contributed by atoms with Crippen LogP contribution in [-0.2, 0) is 14.3 Å². The molecule has 6 heteroatoms. The Balaban J connectivity index is 5.21. The van der Waals surface area contributed by atoms with Gasteiger partial charge >= 0.3 is 0 Å². The highest BCUT2D eigenvalue weighted by Gasteiger charge is 2.55. The summed E-state index contributed by atoms with van der Waals surface area (Å²) < 4.78 is 12.3. The van der Waals surface area contributed by atoms with E-state index in [1.807, 2.05) is 0 Å². The standard InChI is InChI=1S/C40H81NO5/c1-5-8-10-12-14-16-17-18-19-20-22-24-26-28-34-46-40(30-7-3,32-27-25-23-21-15-13-11-9-6-2)39(38(41)44,31-29-33-45-4)35-37(43)36-42/h37,42-43H,5-36H2,1-4H3,(H2,41,44). The van der Waals surface area contributed by atoms with Crippen molar-refractivity contribution in [2.45, 2.75) is 219 Å². The molecule has 0 aliphatic carbocycles. The molecule has 0 saturated carbocycles. The molecule has 0 bridgehead atoms. The molecule has 0 aliphatic rings. The number of carbonyl (C=O) groups excluding carboxylic acids is 1. The number of hydrogen-bond donors (Lipinski definition) is 3. The molecule has 46 heavy (non-hydrogen) atoms. The summed E-state index contributed by atoms with van der Waals surface area (Å²) in [5.41, 5.74) is 4.48. The minimum Gasteiger partial charge on any atom is -0.394 e. The number of primary amides is 1. The number of ether oxygens (including phenoxy) is 2. The van der Waals surface area contributed by atoms with Crippen LogP contribution in [0.3, 0.4) is 0 Å². The van der Waals surface area contributed by atoms with E-state index >= 15 is 0 Å². The lowest BCUT2D eigenvalue weighted by Crippen LogP contribution is -2.59. The van der Waals surface area contributed by atoms with Crippen molar-refractivity contribution < 1.29 is 24.5 Å². The van der Waals surface area contributed by atoms with Crippen LogP contribution in [0.2, 0.25) is 0 Å². The Labute approximate surface area is 286 Å². The first-order valence-electron chi connectivity index (χ1n) is 20.1. The maximum Gasteiger partial charge on any atom is 0.226 e. The van der Waals surface area contributed by atoms with E-state index < -0.39 is 29.6 Å². The molecule has 276 valence electrons. The smallest absolute Gasteiger partial charge is 0.226 e. The molecule has 0 aliphatic heterocycles. The van der Waals surface area contributed by atoms with Gasteiger partial charge in [-0.3, -0.25) is 4.79 Å². The number of unbranched alkanes of at least 4 members (excludes halogenated alkanes) is 21. The first-order chi connectivity index (χ1) is 22.4. The Morgan fingerprint density at radius 1 is 0.587 bits per heavy atom. The minimum atomic E-state index is -1.06. The summed E-state index contributed by atoms with van der Waals surface area (Å²) in [5.74, 6) is -0.415. The quantitative estimate of drug-likeness (QED) is 0.0578. The molecule has 0 fully saturated rings. The van der Waals surface area contributed by atoms with E-state index in [2.05, 4.69) is 20.8 Å². The second-order valence-electron chi connectivity index (χ2n) is 14.4. The molecule has 3 atom stereocenters. The fourth-order valence-electron chi connectivity index (χ4n) is 7.52. The maximum atomic E-state index is 13.5. The van der Waals surface area contributed by atoms with Gasteiger partial charge in [-0.05, 0) is 38.5 Å². The fourth-order valence-corrected chi connectivity index (χ4v) is 7.52. The SMILES string of the molecule is CCCCCCCCCCCCCCCCOC(CCC)(CCCCCCCCCCC)C(CCCOC)(CC(O)CO)C(N)=O. The second-order valence-corrected chi connectivity index (χ2v) is 14.4. The largest absolute Gasteiger partial charge is 0.394 e. The van der Waals surface area contributed by atoms with Gasteiger partial charge in [-0.25, -0.2) is 0 Å². The lowest BCUT2D eigenvalue weighted by Gasteiger charge is -2.50. The van der Waals surface area contributed by atoms with Gasteiger partial charge in [0.05, 0.1) is 23.7 Å². The van der Waals surface area contributed by atoms with Crippen LogP contribution >= 0.6 is 0 Å². The number of rotatable bonds is 37. The molecule has 0 aromatic rings. The topological polar surface area (TPSA) is 102 Å². The molecule has 0 rings (SSSR count). The summed E-state index contributed by atoms with van der Waals surface area (Å²) in [6.07, 6.45) is 32.0. The van der Waals surface area contributed by atoms with Gasteiger partial charge in [0.2, 0.25) is 5.91 Å². The van der Waals surface area contributed by atoms with E-state index in [4.69, 9.17) is 15.2 Å². The maximum absolute atomic E-state index is 13.5. The van der Waals surface area contributed by atoms with Crippen molar-refractivity contribution in [3.8, 4) is 0 Å². The van der Waals surface area contributed by atoms with E-state index in [0.717, 1.165) is 44.9 Å². The average Bonchev–Trinajstić information content (AvgIpc) is 3.05. The van der Waals surface area contributed by atoms with Crippen LogP contribution in [-0.4, -0.2) is 54.8 Å². The number of amides is 1. The van der Waals surface area contributed by atoms with Crippen molar-refractivity contribution in [2.24, 2.45) is 11.1 Å². The summed E-state index contributed by atoms with van der Waals surface area (Å²) in [6, 6.07) is 0. The fraction of sp³-hybridized carbons (Fsp3) is 0.975. The molecule has 3 unspecified atom stereocenters. The van der Waals surface area contributed by atoms with Gasteiger partial charge in [0, 0.05) is 20.3 Å². The highest BCUT2D eigenvalue weighted by Crippen LogP contribution is 2.49. The van der Waals surface area contributed by atoms with Gasteiger partial charge < -0.3 is 25.4 Å². The number of nitrogens with two attached hydrogens (primary N) is 1. The molecule has 0 aromatic carbocycles. The molecule has 0 radical (unpaired) electrons. The third-order valence-corrected chi connectivity index (χ3v) is 10.3. The number of hydrogen-bond acceptors (Lipinski definition) is 5. The molecule has 0 saturated heterocycles. The van der Waals surface area contributed by atoms with Crippen molar-refractivity contribution in [1.82, 2.24) is 0 Å². The molecule has 4 N–H and O–H groups in total. The Kier molecular flexibility index (Phi) is 31.1. The van der Waals surface area contributed by atoms with Crippen LogP contribution < -0.4 is 5.73 Å². The van der Waals surface area contributed by atoms with Crippen molar-refractivity contribution in [1.29, 1.82) is 0 Å². The van der Waals surface area contributed by atoms with E-state index in [1.54, 1.807) is 7.11 Å². The molecule has 0 heterocycles. The summed E-state index contributed by atoms with van der Waals surface area (Å²) in [7, 11) is 1.67. The van der Waals surface area contributed by atoms with Crippen molar-refractivity contribution >= 4 is 5.91 Å². The van der Waals surface area contributed by atoms with E-state index in [0.29, 0.717) is 26.1 Å². The Morgan fingerprint density at radius 2 is 1.02 bits per heavy atom. The van der Waals surface area contributed by atoms with Gasteiger partial charge in [0.25, 0.3) is 0 Å². The van der Waals surface area contributed by atoms with Crippen LogP contribution in [0, 0.1) is 5.41 Å². The van der Waals surface area contributed by atoms with Crippen molar-refractivity contribution in [3.05, 3.63) is 0 Å². The number of methoxy groups -OCH3 is 1. The minimum absolute atomic E-state index is 0.124. The highest BCUT2D eigenvalue weighted by molar-refractivity contribution is 5.82. The average molecular weight is 656 g/mol. The monoisotopic (exact) mass is 656 g/mol. The van der Waals surface area contributed by atoms with Crippen molar-refractivity contribution in [3.63, 3.8) is 0 Å². The molecule has 0 aromatic heterocycles. The van der Waals surface area contributed by atoms with Crippen LogP contribution in [0.1, 0.15) is 207 Å². The van der Waals surface area contributed by atoms with E-state index in [1.165, 1.54) is 122 Å². The van der Waals surface area contributed by atoms with Gasteiger partial charge in [-0.2, -0.15) is 0 Å². The molecule has 6 nitrogen and oxygen atoms in total. The zero-order chi connectivity index (χ0) is 34.2. The van der Waals surface area contributed by atoms with Crippen molar-refractivity contribution in [2.75, 3.05) is 26.9 Å². The lowest BCUT2D eigenvalue weighted by molar-refractivity contribution is -0.180. The predicted molar refractivity (Wildman–Crippen MR) is 196 cm³/mol. The van der Waals surface area contributed by atoms with Crippen LogP contribution in [0.25, 0.3) is 0 Å². The lowest BCUT2D eigenvalue weighted by atomic mass is 9.61. The number of aliphatic hydroxyl groups is 2.